The molecule has 3 rings (SSSR count). The molecule has 28 heavy (non-hydrogen) atoms. The smallest absolute Gasteiger partial charge is 0.359 e. The molecule has 0 aliphatic rings. The Morgan fingerprint density at radius 3 is 2.68 bits per heavy atom. The molecule has 0 bridgehead atoms. The predicted molar refractivity (Wildman–Crippen MR) is 106 cm³/mol. The molecule has 0 fully saturated rings. The highest BCUT2D eigenvalue weighted by atomic mass is 35.5. The minimum atomic E-state index is -1.03. The summed E-state index contributed by atoms with van der Waals surface area (Å²) in [4.78, 5) is 29.1. The van der Waals surface area contributed by atoms with Crippen LogP contribution in [-0.4, -0.2) is 34.5 Å². The highest BCUT2D eigenvalue weighted by Crippen LogP contribution is 2.31. The summed E-state index contributed by atoms with van der Waals surface area (Å²) in [6.45, 7) is 5.21. The molecular formula is C20H20ClN3O4. The van der Waals surface area contributed by atoms with E-state index in [-0.39, 0.29) is 5.69 Å². The Morgan fingerprint density at radius 1 is 1.25 bits per heavy atom. The van der Waals surface area contributed by atoms with Crippen molar-refractivity contribution in [2.24, 2.45) is 0 Å². The van der Waals surface area contributed by atoms with Crippen LogP contribution >= 0.6 is 11.6 Å². The van der Waals surface area contributed by atoms with Crippen molar-refractivity contribution in [3.63, 3.8) is 0 Å². The summed E-state index contributed by atoms with van der Waals surface area (Å²) in [5, 5.41) is 3.22. The molecule has 7 nitrogen and oxygen atoms in total. The fourth-order valence-corrected chi connectivity index (χ4v) is 2.84. The van der Waals surface area contributed by atoms with Gasteiger partial charge in [-0.3, -0.25) is 4.79 Å². The van der Waals surface area contributed by atoms with Gasteiger partial charge in [-0.15, -0.1) is 0 Å². The number of carbonyl (C=O) groups is 2. The van der Waals surface area contributed by atoms with Gasteiger partial charge < -0.3 is 19.2 Å². The number of nitrogens with zero attached hydrogens (tertiary/aromatic N) is 2. The topological polar surface area (TPSA) is 81.9 Å². The van der Waals surface area contributed by atoms with E-state index in [2.05, 4.69) is 10.3 Å². The molecule has 0 aliphatic heterocycles. The molecule has 8 heteroatoms. The van der Waals surface area contributed by atoms with Crippen LogP contribution in [0.15, 0.2) is 36.5 Å². The predicted octanol–water partition coefficient (Wildman–Crippen LogP) is 3.80. The van der Waals surface area contributed by atoms with E-state index in [1.54, 1.807) is 28.8 Å². The van der Waals surface area contributed by atoms with Gasteiger partial charge in [-0.1, -0.05) is 17.7 Å². The maximum atomic E-state index is 12.5. The fourth-order valence-electron chi connectivity index (χ4n) is 2.69. The van der Waals surface area contributed by atoms with Crippen LogP contribution in [0.4, 0.5) is 5.69 Å². The number of nitrogens with one attached hydrogen (secondary N) is 1. The van der Waals surface area contributed by atoms with Crippen LogP contribution in [0.5, 0.6) is 5.75 Å². The van der Waals surface area contributed by atoms with E-state index in [1.807, 2.05) is 26.0 Å². The number of benzene rings is 1. The van der Waals surface area contributed by atoms with Crippen LogP contribution < -0.4 is 10.1 Å². The van der Waals surface area contributed by atoms with E-state index < -0.39 is 18.0 Å². The van der Waals surface area contributed by atoms with Gasteiger partial charge in [-0.2, -0.15) is 0 Å². The maximum Gasteiger partial charge on any atom is 0.359 e. The normalized spacial score (nSPS) is 11.9. The van der Waals surface area contributed by atoms with Gasteiger partial charge in [0, 0.05) is 23.0 Å². The molecule has 0 saturated heterocycles. The zero-order chi connectivity index (χ0) is 20.4. The molecule has 1 unspecified atom stereocenters. The zero-order valence-corrected chi connectivity index (χ0v) is 16.7. The lowest BCUT2D eigenvalue weighted by Crippen LogP contribution is -2.30. The first-order chi connectivity index (χ1) is 13.3. The number of imidazole rings is 1. The first-order valence-corrected chi connectivity index (χ1v) is 8.98. The van der Waals surface area contributed by atoms with Crippen molar-refractivity contribution in [1.82, 2.24) is 9.38 Å². The molecule has 0 spiro atoms. The summed E-state index contributed by atoms with van der Waals surface area (Å²) < 4.78 is 12.3. The number of methoxy groups -OCH3 is 1. The van der Waals surface area contributed by atoms with Crippen LogP contribution in [-0.2, 0) is 9.53 Å². The largest absolute Gasteiger partial charge is 0.495 e. The van der Waals surface area contributed by atoms with Gasteiger partial charge in [0.25, 0.3) is 5.91 Å². The van der Waals surface area contributed by atoms with Crippen molar-refractivity contribution in [2.45, 2.75) is 26.9 Å². The van der Waals surface area contributed by atoms with Crippen molar-refractivity contribution in [3.05, 3.63) is 58.5 Å². The summed E-state index contributed by atoms with van der Waals surface area (Å²) in [6, 6.07) is 8.85. The zero-order valence-electron chi connectivity index (χ0n) is 15.9. The minimum Gasteiger partial charge on any atom is -0.495 e. The van der Waals surface area contributed by atoms with Gasteiger partial charge >= 0.3 is 5.97 Å². The second kappa shape index (κ2) is 7.90. The van der Waals surface area contributed by atoms with Crippen LogP contribution in [0.3, 0.4) is 0 Å². The molecule has 2 heterocycles. The lowest BCUT2D eigenvalue weighted by atomic mass is 10.2. The lowest BCUT2D eigenvalue weighted by Gasteiger charge is -2.15. The number of aryl methyl sites for hydroxylation is 2. The van der Waals surface area contributed by atoms with Gasteiger partial charge in [-0.25, -0.2) is 9.78 Å². The number of anilines is 1. The first kappa shape index (κ1) is 19.7. The number of carbonyl (C=O) groups excluding carboxylic acids is 2. The molecule has 1 atom stereocenters. The molecule has 146 valence electrons. The average molecular weight is 402 g/mol. The van der Waals surface area contributed by atoms with Crippen molar-refractivity contribution in [2.75, 3.05) is 12.4 Å². The molecule has 2 aromatic heterocycles. The monoisotopic (exact) mass is 401 g/mol. The highest BCUT2D eigenvalue weighted by Gasteiger charge is 2.22. The van der Waals surface area contributed by atoms with Gasteiger partial charge in [0.15, 0.2) is 11.8 Å². The molecule has 1 N–H and O–H groups in total. The van der Waals surface area contributed by atoms with Crippen molar-refractivity contribution in [3.8, 4) is 5.75 Å². The minimum absolute atomic E-state index is 0.133. The number of aromatic nitrogens is 2. The van der Waals surface area contributed by atoms with Crippen molar-refractivity contribution in [1.29, 1.82) is 0 Å². The maximum absolute atomic E-state index is 12.5. The van der Waals surface area contributed by atoms with Gasteiger partial charge in [0.05, 0.1) is 12.8 Å². The molecule has 1 amide bonds. The van der Waals surface area contributed by atoms with Crippen molar-refractivity contribution >= 4 is 34.8 Å². The average Bonchev–Trinajstić information content (AvgIpc) is 3.10. The second-order valence-electron chi connectivity index (χ2n) is 6.36. The molecule has 0 radical (unpaired) electrons. The first-order valence-electron chi connectivity index (χ1n) is 8.61. The second-order valence-corrected chi connectivity index (χ2v) is 6.77. The van der Waals surface area contributed by atoms with Gasteiger partial charge in [0.1, 0.15) is 11.4 Å². The SMILES string of the molecule is COc1cc(Cl)c(C)cc1NC(=O)C(C)OC(=O)c1cn2c(C)cccc2n1. The van der Waals surface area contributed by atoms with E-state index in [0.29, 0.717) is 22.1 Å². The molecular weight excluding hydrogens is 382 g/mol. The van der Waals surface area contributed by atoms with Crippen LogP contribution in [0, 0.1) is 13.8 Å². The lowest BCUT2D eigenvalue weighted by molar-refractivity contribution is -0.123. The Balaban J connectivity index is 1.72. The van der Waals surface area contributed by atoms with E-state index in [9.17, 15) is 9.59 Å². The third kappa shape index (κ3) is 3.94. The Hall–Kier alpha value is -3.06. The summed E-state index contributed by atoms with van der Waals surface area (Å²) in [7, 11) is 1.48. The molecule has 0 saturated carbocycles. The number of rotatable bonds is 5. The number of ether oxygens (including phenoxy) is 2. The number of hydrogen-bond donors (Lipinski definition) is 1. The number of pyridine rings is 1. The van der Waals surface area contributed by atoms with Crippen LogP contribution in [0.1, 0.15) is 28.7 Å². The van der Waals surface area contributed by atoms with E-state index in [1.165, 1.54) is 14.0 Å². The Bertz CT molecular complexity index is 1060. The summed E-state index contributed by atoms with van der Waals surface area (Å²) in [5.41, 5.74) is 2.92. The molecule has 3 aromatic rings. The Labute approximate surface area is 167 Å². The number of halogens is 1. The third-order valence-electron chi connectivity index (χ3n) is 4.30. The standard InChI is InChI=1S/C20H20ClN3O4/c1-11-8-15(17(27-4)9-14(11)21)23-19(25)13(3)28-20(26)16-10-24-12(2)6-5-7-18(24)22-16/h5-10,13H,1-4H3,(H,23,25). The Morgan fingerprint density at radius 2 is 2.00 bits per heavy atom. The fraction of sp³-hybridized carbons (Fsp3) is 0.250. The summed E-state index contributed by atoms with van der Waals surface area (Å²) >= 11 is 6.07. The molecule has 0 aliphatic carbocycles. The summed E-state index contributed by atoms with van der Waals surface area (Å²) in [6.07, 6.45) is 0.558. The van der Waals surface area contributed by atoms with Gasteiger partial charge in [0.2, 0.25) is 0 Å². The highest BCUT2D eigenvalue weighted by molar-refractivity contribution is 6.31. The van der Waals surface area contributed by atoms with Crippen LogP contribution in [0.25, 0.3) is 5.65 Å². The van der Waals surface area contributed by atoms with Gasteiger partial charge in [-0.05, 0) is 44.5 Å². The van der Waals surface area contributed by atoms with E-state index >= 15 is 0 Å². The number of hydrogen-bond acceptors (Lipinski definition) is 5. The quantitative estimate of drug-likeness (QED) is 0.657. The van der Waals surface area contributed by atoms with E-state index in [4.69, 9.17) is 21.1 Å². The van der Waals surface area contributed by atoms with Crippen LogP contribution in [0.2, 0.25) is 5.02 Å². The Kier molecular flexibility index (Phi) is 5.56. The number of fused-ring (bicyclic) bond motifs is 1. The van der Waals surface area contributed by atoms with Crippen molar-refractivity contribution < 1.29 is 19.1 Å². The molecule has 1 aromatic carbocycles. The summed E-state index contributed by atoms with van der Waals surface area (Å²) in [5.74, 6) is -0.753. The third-order valence-corrected chi connectivity index (χ3v) is 4.70. The number of amides is 1. The van der Waals surface area contributed by atoms with E-state index in [0.717, 1.165) is 11.3 Å². The number of esters is 1.